The fourth-order valence-electron chi connectivity index (χ4n) is 2.13. The first-order chi connectivity index (χ1) is 7.68. The van der Waals surface area contributed by atoms with Crippen molar-refractivity contribution in [2.75, 3.05) is 33.3 Å². The van der Waals surface area contributed by atoms with Crippen LogP contribution >= 0.6 is 0 Å². The molecule has 0 spiro atoms. The monoisotopic (exact) mass is 224 g/mol. The molecule has 0 radical (unpaired) electrons. The number of nitrogens with one attached hydrogen (secondary N) is 1. The molecular weight excluding hydrogens is 204 g/mol. The highest BCUT2D eigenvalue weighted by molar-refractivity contribution is 5.93. The SMILES string of the molecule is CC(C(=O)N(C)CC1CCCO1)=C1CNC1. The van der Waals surface area contributed by atoms with Gasteiger partial charge in [-0.3, -0.25) is 4.79 Å². The lowest BCUT2D eigenvalue weighted by Gasteiger charge is -2.26. The highest BCUT2D eigenvalue weighted by Gasteiger charge is 2.23. The van der Waals surface area contributed by atoms with E-state index in [9.17, 15) is 4.79 Å². The Hall–Kier alpha value is -0.870. The van der Waals surface area contributed by atoms with E-state index in [2.05, 4.69) is 5.32 Å². The Bertz CT molecular complexity index is 300. The van der Waals surface area contributed by atoms with Gasteiger partial charge in [0.15, 0.2) is 0 Å². The number of likely N-dealkylation sites (N-methyl/N-ethyl adjacent to an activating group) is 1. The molecule has 0 aromatic rings. The Kier molecular flexibility index (Phi) is 3.61. The van der Waals surface area contributed by atoms with E-state index in [1.807, 2.05) is 14.0 Å². The molecule has 2 aliphatic rings. The van der Waals surface area contributed by atoms with Crippen LogP contribution in [0.3, 0.4) is 0 Å². The molecule has 2 fully saturated rings. The molecule has 2 saturated heterocycles. The molecule has 1 unspecified atom stereocenters. The summed E-state index contributed by atoms with van der Waals surface area (Å²) in [7, 11) is 1.86. The minimum atomic E-state index is 0.145. The fourth-order valence-corrected chi connectivity index (χ4v) is 2.13. The van der Waals surface area contributed by atoms with Crippen molar-refractivity contribution in [3.63, 3.8) is 0 Å². The smallest absolute Gasteiger partial charge is 0.249 e. The summed E-state index contributed by atoms with van der Waals surface area (Å²) >= 11 is 0. The first-order valence-electron chi connectivity index (χ1n) is 5.95. The van der Waals surface area contributed by atoms with Crippen LogP contribution in [-0.2, 0) is 9.53 Å². The largest absolute Gasteiger partial charge is 0.376 e. The summed E-state index contributed by atoms with van der Waals surface area (Å²) in [6.45, 7) is 5.22. The molecule has 2 heterocycles. The molecule has 0 saturated carbocycles. The lowest BCUT2D eigenvalue weighted by molar-refractivity contribution is -0.127. The number of ether oxygens (including phenoxy) is 1. The highest BCUT2D eigenvalue weighted by atomic mass is 16.5. The first-order valence-corrected chi connectivity index (χ1v) is 5.95. The number of hydrogen-bond donors (Lipinski definition) is 1. The normalized spacial score (nSPS) is 24.1. The van der Waals surface area contributed by atoms with Crippen LogP contribution in [0, 0.1) is 0 Å². The summed E-state index contributed by atoms with van der Waals surface area (Å²) in [6, 6.07) is 0. The zero-order valence-corrected chi connectivity index (χ0v) is 10.1. The van der Waals surface area contributed by atoms with Crippen LogP contribution < -0.4 is 5.32 Å². The van der Waals surface area contributed by atoms with Crippen LogP contribution in [-0.4, -0.2) is 50.2 Å². The summed E-state index contributed by atoms with van der Waals surface area (Å²) in [5, 5.41) is 3.16. The summed E-state index contributed by atoms with van der Waals surface area (Å²) < 4.78 is 5.53. The third kappa shape index (κ3) is 2.44. The van der Waals surface area contributed by atoms with Gasteiger partial charge in [0.2, 0.25) is 5.91 Å². The second-order valence-corrected chi connectivity index (χ2v) is 4.65. The lowest BCUT2D eigenvalue weighted by atomic mass is 10.0. The maximum absolute atomic E-state index is 12.0. The van der Waals surface area contributed by atoms with Gasteiger partial charge in [0.05, 0.1) is 6.10 Å². The van der Waals surface area contributed by atoms with Gasteiger partial charge in [-0.05, 0) is 25.3 Å². The number of carbonyl (C=O) groups is 1. The van der Waals surface area contributed by atoms with Crippen LogP contribution in [0.25, 0.3) is 0 Å². The van der Waals surface area contributed by atoms with E-state index in [0.29, 0.717) is 0 Å². The number of carbonyl (C=O) groups excluding carboxylic acids is 1. The van der Waals surface area contributed by atoms with Gasteiger partial charge in [0, 0.05) is 38.9 Å². The van der Waals surface area contributed by atoms with Crippen molar-refractivity contribution in [3.8, 4) is 0 Å². The molecule has 0 aromatic heterocycles. The van der Waals surface area contributed by atoms with Gasteiger partial charge in [-0.1, -0.05) is 0 Å². The Balaban J connectivity index is 1.88. The first kappa shape index (κ1) is 11.6. The van der Waals surface area contributed by atoms with Gasteiger partial charge in [0.25, 0.3) is 0 Å². The molecule has 0 bridgehead atoms. The van der Waals surface area contributed by atoms with Crippen molar-refractivity contribution in [1.29, 1.82) is 0 Å². The third-order valence-corrected chi connectivity index (χ3v) is 3.38. The number of amides is 1. The van der Waals surface area contributed by atoms with Crippen molar-refractivity contribution in [3.05, 3.63) is 11.1 Å². The molecule has 2 aliphatic heterocycles. The van der Waals surface area contributed by atoms with Crippen molar-refractivity contribution >= 4 is 5.91 Å². The van der Waals surface area contributed by atoms with Gasteiger partial charge in [-0.2, -0.15) is 0 Å². The van der Waals surface area contributed by atoms with Crippen molar-refractivity contribution < 1.29 is 9.53 Å². The molecule has 16 heavy (non-hydrogen) atoms. The average molecular weight is 224 g/mol. The van der Waals surface area contributed by atoms with Gasteiger partial charge < -0.3 is 15.0 Å². The van der Waals surface area contributed by atoms with Gasteiger partial charge >= 0.3 is 0 Å². The predicted octanol–water partition coefficient (Wildman–Crippen LogP) is 0.544. The Morgan fingerprint density at radius 3 is 2.81 bits per heavy atom. The van der Waals surface area contributed by atoms with E-state index in [4.69, 9.17) is 4.74 Å². The summed E-state index contributed by atoms with van der Waals surface area (Å²) in [5.74, 6) is 0.145. The highest BCUT2D eigenvalue weighted by Crippen LogP contribution is 2.15. The van der Waals surface area contributed by atoms with E-state index in [1.165, 1.54) is 5.57 Å². The van der Waals surface area contributed by atoms with Crippen LogP contribution in [0.4, 0.5) is 0 Å². The lowest BCUT2D eigenvalue weighted by Crippen LogP contribution is -2.39. The second-order valence-electron chi connectivity index (χ2n) is 4.65. The molecular formula is C12H20N2O2. The number of nitrogens with zero attached hydrogens (tertiary/aromatic N) is 1. The molecule has 0 aliphatic carbocycles. The fraction of sp³-hybridized carbons (Fsp3) is 0.750. The minimum absolute atomic E-state index is 0.145. The quantitative estimate of drug-likeness (QED) is 0.712. The van der Waals surface area contributed by atoms with E-state index < -0.39 is 0 Å². The molecule has 4 nitrogen and oxygen atoms in total. The molecule has 1 atom stereocenters. The molecule has 0 aromatic carbocycles. The van der Waals surface area contributed by atoms with Gasteiger partial charge in [0.1, 0.15) is 0 Å². The molecule has 90 valence electrons. The van der Waals surface area contributed by atoms with Crippen LogP contribution in [0.2, 0.25) is 0 Å². The van der Waals surface area contributed by atoms with Crippen LogP contribution in [0.1, 0.15) is 19.8 Å². The van der Waals surface area contributed by atoms with E-state index in [0.717, 1.165) is 44.7 Å². The van der Waals surface area contributed by atoms with Crippen molar-refractivity contribution in [2.45, 2.75) is 25.9 Å². The topological polar surface area (TPSA) is 41.6 Å². The molecule has 1 N–H and O–H groups in total. The standard InChI is InChI=1S/C12H20N2O2/c1-9(10-6-13-7-10)12(15)14(2)8-11-4-3-5-16-11/h11,13H,3-8H2,1-2H3. The Morgan fingerprint density at radius 1 is 1.56 bits per heavy atom. The molecule has 2 rings (SSSR count). The van der Waals surface area contributed by atoms with Gasteiger partial charge in [-0.15, -0.1) is 0 Å². The Labute approximate surface area is 96.6 Å². The predicted molar refractivity (Wildman–Crippen MR) is 62.2 cm³/mol. The zero-order valence-electron chi connectivity index (χ0n) is 10.1. The molecule has 1 amide bonds. The van der Waals surface area contributed by atoms with Crippen LogP contribution in [0.15, 0.2) is 11.1 Å². The van der Waals surface area contributed by atoms with Crippen LogP contribution in [0.5, 0.6) is 0 Å². The van der Waals surface area contributed by atoms with E-state index >= 15 is 0 Å². The third-order valence-electron chi connectivity index (χ3n) is 3.38. The van der Waals surface area contributed by atoms with Crippen molar-refractivity contribution in [1.82, 2.24) is 10.2 Å². The zero-order chi connectivity index (χ0) is 11.5. The maximum atomic E-state index is 12.0. The van der Waals surface area contributed by atoms with E-state index in [1.54, 1.807) is 4.90 Å². The average Bonchev–Trinajstić information content (AvgIpc) is 2.66. The summed E-state index contributed by atoms with van der Waals surface area (Å²) in [5.41, 5.74) is 2.14. The Morgan fingerprint density at radius 2 is 2.31 bits per heavy atom. The van der Waals surface area contributed by atoms with Gasteiger partial charge in [-0.25, -0.2) is 0 Å². The molecule has 4 heteroatoms. The maximum Gasteiger partial charge on any atom is 0.249 e. The second kappa shape index (κ2) is 4.97. The number of hydrogen-bond acceptors (Lipinski definition) is 3. The summed E-state index contributed by atoms with van der Waals surface area (Å²) in [6.07, 6.45) is 2.44. The minimum Gasteiger partial charge on any atom is -0.376 e. The summed E-state index contributed by atoms with van der Waals surface area (Å²) in [4.78, 5) is 13.8. The number of rotatable bonds is 3. The van der Waals surface area contributed by atoms with Crippen molar-refractivity contribution in [2.24, 2.45) is 0 Å². The van der Waals surface area contributed by atoms with E-state index in [-0.39, 0.29) is 12.0 Å².